The summed E-state index contributed by atoms with van der Waals surface area (Å²) >= 11 is 0. The van der Waals surface area contributed by atoms with Gasteiger partial charge < -0.3 is 9.64 Å². The summed E-state index contributed by atoms with van der Waals surface area (Å²) in [7, 11) is 1.81. The fourth-order valence-corrected chi connectivity index (χ4v) is 2.36. The SMILES string of the molecule is CC.COC(CN1CCCCC1)c1ccccc1. The van der Waals surface area contributed by atoms with Gasteiger partial charge in [0, 0.05) is 13.7 Å². The monoisotopic (exact) mass is 249 g/mol. The highest BCUT2D eigenvalue weighted by Gasteiger charge is 2.17. The Hall–Kier alpha value is -0.860. The second kappa shape index (κ2) is 9.12. The second-order valence-electron chi connectivity index (χ2n) is 4.50. The van der Waals surface area contributed by atoms with Gasteiger partial charge in [0.2, 0.25) is 0 Å². The first-order valence-corrected chi connectivity index (χ1v) is 7.20. The molecule has 0 aliphatic carbocycles. The number of hydrogen-bond donors (Lipinski definition) is 0. The molecule has 18 heavy (non-hydrogen) atoms. The zero-order chi connectivity index (χ0) is 13.2. The van der Waals surface area contributed by atoms with E-state index in [0.717, 1.165) is 6.54 Å². The van der Waals surface area contributed by atoms with Crippen molar-refractivity contribution in [3.05, 3.63) is 35.9 Å². The molecular weight excluding hydrogens is 222 g/mol. The van der Waals surface area contributed by atoms with Gasteiger partial charge in [-0.2, -0.15) is 0 Å². The lowest BCUT2D eigenvalue weighted by atomic mass is 10.1. The average molecular weight is 249 g/mol. The Labute approximate surface area is 112 Å². The number of nitrogens with zero attached hydrogens (tertiary/aromatic N) is 1. The molecule has 1 fully saturated rings. The minimum absolute atomic E-state index is 0.222. The molecule has 0 spiro atoms. The number of piperidine rings is 1. The summed E-state index contributed by atoms with van der Waals surface area (Å²) in [4.78, 5) is 2.52. The van der Waals surface area contributed by atoms with E-state index in [1.807, 2.05) is 21.0 Å². The third kappa shape index (κ3) is 4.79. The van der Waals surface area contributed by atoms with Gasteiger partial charge in [-0.1, -0.05) is 50.6 Å². The van der Waals surface area contributed by atoms with Crippen LogP contribution in [0.4, 0.5) is 0 Å². The van der Waals surface area contributed by atoms with Crippen LogP contribution in [0, 0.1) is 0 Å². The summed E-state index contributed by atoms with van der Waals surface area (Å²) in [6.45, 7) is 7.49. The molecule has 2 nitrogen and oxygen atoms in total. The molecule has 1 aliphatic rings. The fourth-order valence-electron chi connectivity index (χ4n) is 2.36. The summed E-state index contributed by atoms with van der Waals surface area (Å²) in [5.41, 5.74) is 1.29. The Morgan fingerprint density at radius 2 is 1.67 bits per heavy atom. The Balaban J connectivity index is 0.000000771. The highest BCUT2D eigenvalue weighted by atomic mass is 16.5. The maximum atomic E-state index is 5.60. The Bertz CT molecular complexity index is 293. The molecule has 1 heterocycles. The number of methoxy groups -OCH3 is 1. The first kappa shape index (κ1) is 15.2. The third-order valence-corrected chi connectivity index (χ3v) is 3.33. The van der Waals surface area contributed by atoms with E-state index in [-0.39, 0.29) is 6.10 Å². The molecule has 2 heteroatoms. The molecule has 102 valence electrons. The largest absolute Gasteiger partial charge is 0.375 e. The van der Waals surface area contributed by atoms with Crippen molar-refractivity contribution in [1.29, 1.82) is 0 Å². The molecule has 0 amide bonds. The average Bonchev–Trinajstić information content (AvgIpc) is 2.49. The highest BCUT2D eigenvalue weighted by molar-refractivity contribution is 5.17. The van der Waals surface area contributed by atoms with Gasteiger partial charge >= 0.3 is 0 Å². The van der Waals surface area contributed by atoms with Crippen molar-refractivity contribution in [2.75, 3.05) is 26.7 Å². The van der Waals surface area contributed by atoms with Crippen LogP contribution in [0.15, 0.2) is 30.3 Å². The van der Waals surface area contributed by atoms with Crippen LogP contribution in [0.25, 0.3) is 0 Å². The van der Waals surface area contributed by atoms with Crippen LogP contribution in [0.2, 0.25) is 0 Å². The van der Waals surface area contributed by atoms with E-state index in [0.29, 0.717) is 0 Å². The van der Waals surface area contributed by atoms with Crippen molar-refractivity contribution in [3.63, 3.8) is 0 Å². The number of rotatable bonds is 4. The van der Waals surface area contributed by atoms with Crippen LogP contribution in [0.1, 0.15) is 44.8 Å². The topological polar surface area (TPSA) is 12.5 Å². The summed E-state index contributed by atoms with van der Waals surface area (Å²) in [5.74, 6) is 0. The second-order valence-corrected chi connectivity index (χ2v) is 4.50. The van der Waals surface area contributed by atoms with Gasteiger partial charge in [-0.25, -0.2) is 0 Å². The fraction of sp³-hybridized carbons (Fsp3) is 0.625. The van der Waals surface area contributed by atoms with Crippen LogP contribution < -0.4 is 0 Å². The molecule has 1 aliphatic heterocycles. The standard InChI is InChI=1S/C14H21NO.C2H6/c1-16-14(13-8-4-2-5-9-13)12-15-10-6-3-7-11-15;1-2/h2,4-5,8-9,14H,3,6-7,10-12H2,1H3;1-2H3. The molecule has 1 atom stereocenters. The molecule has 0 aromatic heterocycles. The zero-order valence-electron chi connectivity index (χ0n) is 12.1. The van der Waals surface area contributed by atoms with Crippen LogP contribution >= 0.6 is 0 Å². The zero-order valence-corrected chi connectivity index (χ0v) is 12.1. The lowest BCUT2D eigenvalue weighted by Gasteiger charge is -2.30. The molecule has 0 N–H and O–H groups in total. The van der Waals surface area contributed by atoms with Gasteiger partial charge in [-0.3, -0.25) is 0 Å². The van der Waals surface area contributed by atoms with Crippen molar-refractivity contribution in [1.82, 2.24) is 4.90 Å². The quantitative estimate of drug-likeness (QED) is 0.803. The Morgan fingerprint density at radius 3 is 2.22 bits per heavy atom. The number of hydrogen-bond acceptors (Lipinski definition) is 2. The third-order valence-electron chi connectivity index (χ3n) is 3.33. The predicted molar refractivity (Wildman–Crippen MR) is 77.8 cm³/mol. The van der Waals surface area contributed by atoms with Crippen molar-refractivity contribution in [3.8, 4) is 0 Å². The van der Waals surface area contributed by atoms with Crippen molar-refractivity contribution in [2.45, 2.75) is 39.2 Å². The maximum Gasteiger partial charge on any atom is 0.0947 e. The molecule has 0 radical (unpaired) electrons. The molecule has 1 aromatic rings. The first-order valence-electron chi connectivity index (χ1n) is 7.20. The van der Waals surface area contributed by atoms with E-state index in [1.165, 1.54) is 37.9 Å². The van der Waals surface area contributed by atoms with Gasteiger partial charge in [-0.15, -0.1) is 0 Å². The van der Waals surface area contributed by atoms with Crippen LogP contribution in [-0.2, 0) is 4.74 Å². The van der Waals surface area contributed by atoms with Gasteiger partial charge in [0.1, 0.15) is 0 Å². The van der Waals surface area contributed by atoms with Crippen molar-refractivity contribution >= 4 is 0 Å². The van der Waals surface area contributed by atoms with Gasteiger partial charge in [0.05, 0.1) is 6.10 Å². The number of ether oxygens (including phenoxy) is 1. The number of likely N-dealkylation sites (tertiary alicyclic amines) is 1. The van der Waals surface area contributed by atoms with Crippen molar-refractivity contribution in [2.24, 2.45) is 0 Å². The smallest absolute Gasteiger partial charge is 0.0947 e. The van der Waals surface area contributed by atoms with Crippen LogP contribution in [0.3, 0.4) is 0 Å². The minimum atomic E-state index is 0.222. The van der Waals surface area contributed by atoms with E-state index in [2.05, 4.69) is 35.2 Å². The Kier molecular flexibility index (Phi) is 7.70. The maximum absolute atomic E-state index is 5.60. The van der Waals surface area contributed by atoms with E-state index >= 15 is 0 Å². The first-order chi connectivity index (χ1) is 8.90. The summed E-state index contributed by atoms with van der Waals surface area (Å²) in [6.07, 6.45) is 4.29. The van der Waals surface area contributed by atoms with Gasteiger partial charge in [0.25, 0.3) is 0 Å². The Morgan fingerprint density at radius 1 is 1.06 bits per heavy atom. The summed E-state index contributed by atoms with van der Waals surface area (Å²) in [6, 6.07) is 10.5. The molecule has 1 saturated heterocycles. The van der Waals surface area contributed by atoms with Gasteiger partial charge in [-0.05, 0) is 31.5 Å². The van der Waals surface area contributed by atoms with Crippen LogP contribution in [0.5, 0.6) is 0 Å². The lowest BCUT2D eigenvalue weighted by Crippen LogP contribution is -2.34. The summed E-state index contributed by atoms with van der Waals surface area (Å²) in [5, 5.41) is 0. The summed E-state index contributed by atoms with van der Waals surface area (Å²) < 4.78 is 5.60. The minimum Gasteiger partial charge on any atom is -0.375 e. The molecule has 1 aromatic carbocycles. The van der Waals surface area contributed by atoms with Gasteiger partial charge in [0.15, 0.2) is 0 Å². The lowest BCUT2D eigenvalue weighted by molar-refractivity contribution is 0.0570. The molecular formula is C16H27NO. The van der Waals surface area contributed by atoms with Crippen molar-refractivity contribution < 1.29 is 4.74 Å². The number of benzene rings is 1. The normalized spacial score (nSPS) is 17.7. The molecule has 2 rings (SSSR count). The van der Waals surface area contributed by atoms with E-state index < -0.39 is 0 Å². The molecule has 0 bridgehead atoms. The molecule has 1 unspecified atom stereocenters. The predicted octanol–water partition coefficient (Wildman–Crippen LogP) is 3.89. The van der Waals surface area contributed by atoms with E-state index in [1.54, 1.807) is 0 Å². The van der Waals surface area contributed by atoms with E-state index in [4.69, 9.17) is 4.74 Å². The molecule has 0 saturated carbocycles. The van der Waals surface area contributed by atoms with Crippen LogP contribution in [-0.4, -0.2) is 31.6 Å². The van der Waals surface area contributed by atoms with E-state index in [9.17, 15) is 0 Å². The highest BCUT2D eigenvalue weighted by Crippen LogP contribution is 2.19.